The monoisotopic (exact) mass is 330 g/mol. The van der Waals surface area contributed by atoms with Crippen molar-refractivity contribution < 1.29 is 9.21 Å². The molecule has 1 aliphatic heterocycles. The summed E-state index contributed by atoms with van der Waals surface area (Å²) in [4.78, 5) is 14.2. The molecule has 24 heavy (non-hydrogen) atoms. The number of rotatable bonds is 4. The third kappa shape index (κ3) is 2.75. The van der Waals surface area contributed by atoms with Gasteiger partial charge >= 0.3 is 0 Å². The van der Waals surface area contributed by atoms with Gasteiger partial charge in [0.05, 0.1) is 11.7 Å². The van der Waals surface area contributed by atoms with E-state index >= 15 is 0 Å². The van der Waals surface area contributed by atoms with Gasteiger partial charge in [0.1, 0.15) is 11.5 Å². The average Bonchev–Trinajstić information content (AvgIpc) is 3.06. The van der Waals surface area contributed by atoms with Crippen LogP contribution in [0.5, 0.6) is 0 Å². The number of carbonyl (C=O) groups excluding carboxylic acids is 1. The lowest BCUT2D eigenvalue weighted by Gasteiger charge is -2.26. The summed E-state index contributed by atoms with van der Waals surface area (Å²) in [7, 11) is 3.83. The minimum Gasteiger partial charge on any atom is -0.466 e. The van der Waals surface area contributed by atoms with Gasteiger partial charge in [0, 0.05) is 49.9 Å². The second-order valence-corrected chi connectivity index (χ2v) is 6.79. The molecule has 3 heterocycles. The summed E-state index contributed by atoms with van der Waals surface area (Å²) >= 11 is 0. The zero-order valence-corrected chi connectivity index (χ0v) is 15.3. The molecule has 6 nitrogen and oxygen atoms in total. The van der Waals surface area contributed by atoms with Gasteiger partial charge in [0.15, 0.2) is 0 Å². The van der Waals surface area contributed by atoms with Gasteiger partial charge in [-0.05, 0) is 33.8 Å². The van der Waals surface area contributed by atoms with Crippen LogP contribution in [0.25, 0.3) is 0 Å². The number of likely N-dealkylation sites (tertiary alicyclic amines) is 1. The smallest absolute Gasteiger partial charge is 0.224 e. The van der Waals surface area contributed by atoms with Gasteiger partial charge in [0.25, 0.3) is 0 Å². The first-order valence-corrected chi connectivity index (χ1v) is 8.34. The van der Waals surface area contributed by atoms with Crippen molar-refractivity contribution in [1.82, 2.24) is 20.0 Å². The molecule has 0 bridgehead atoms. The standard InChI is InChI=1S/C18H26N4O2/c1-10-7-14(13(4)24-10)9-19-15-8-16(23)21(5)18(15)17-11(2)20-22(6)12(17)3/h7,15,18-19H,8-9H2,1-6H3/t15-,18-/m1/s1. The quantitative estimate of drug-likeness (QED) is 0.934. The summed E-state index contributed by atoms with van der Waals surface area (Å²) in [5, 5.41) is 8.09. The second kappa shape index (κ2) is 6.09. The fraction of sp³-hybridized carbons (Fsp3) is 0.556. The molecule has 1 amide bonds. The van der Waals surface area contributed by atoms with Crippen LogP contribution in [0.3, 0.4) is 0 Å². The van der Waals surface area contributed by atoms with E-state index in [0.29, 0.717) is 13.0 Å². The first-order valence-electron chi connectivity index (χ1n) is 8.34. The number of likely N-dealkylation sites (N-methyl/N-ethyl adjacent to an activating group) is 1. The SMILES string of the molecule is Cc1cc(CN[C@@H]2CC(=O)N(C)[C@H]2c2c(C)nn(C)c2C)c(C)o1. The summed E-state index contributed by atoms with van der Waals surface area (Å²) in [6.45, 7) is 8.70. The molecule has 1 fully saturated rings. The molecule has 0 saturated carbocycles. The Balaban J connectivity index is 1.85. The Labute approximate surface area is 142 Å². The number of carbonyl (C=O) groups is 1. The van der Waals surface area contributed by atoms with E-state index in [1.54, 1.807) is 0 Å². The van der Waals surface area contributed by atoms with E-state index in [2.05, 4.69) is 23.4 Å². The third-order valence-corrected chi connectivity index (χ3v) is 5.15. The highest BCUT2D eigenvalue weighted by molar-refractivity contribution is 5.80. The molecule has 0 unspecified atom stereocenters. The van der Waals surface area contributed by atoms with E-state index in [0.717, 1.165) is 34.0 Å². The van der Waals surface area contributed by atoms with E-state index in [4.69, 9.17) is 4.42 Å². The Kier molecular flexibility index (Phi) is 4.25. The Morgan fingerprint density at radius 2 is 2.00 bits per heavy atom. The number of nitrogens with zero attached hydrogens (tertiary/aromatic N) is 3. The van der Waals surface area contributed by atoms with Crippen LogP contribution >= 0.6 is 0 Å². The zero-order valence-electron chi connectivity index (χ0n) is 15.3. The highest BCUT2D eigenvalue weighted by Gasteiger charge is 2.40. The summed E-state index contributed by atoms with van der Waals surface area (Å²) in [5.74, 6) is 2.02. The van der Waals surface area contributed by atoms with Crippen LogP contribution in [-0.2, 0) is 18.4 Å². The largest absolute Gasteiger partial charge is 0.466 e. The van der Waals surface area contributed by atoms with E-state index in [-0.39, 0.29) is 18.0 Å². The predicted molar refractivity (Wildman–Crippen MR) is 91.6 cm³/mol. The minimum absolute atomic E-state index is 0.0134. The summed E-state index contributed by atoms with van der Waals surface area (Å²) in [5.41, 5.74) is 4.40. The van der Waals surface area contributed by atoms with Crippen LogP contribution in [0.4, 0.5) is 0 Å². The van der Waals surface area contributed by atoms with Crippen LogP contribution in [-0.4, -0.2) is 33.7 Å². The van der Waals surface area contributed by atoms with Crippen molar-refractivity contribution in [2.75, 3.05) is 7.05 Å². The molecular weight excluding hydrogens is 304 g/mol. The van der Waals surface area contributed by atoms with Gasteiger partial charge in [-0.15, -0.1) is 0 Å². The molecular formula is C18H26N4O2. The van der Waals surface area contributed by atoms with Crippen molar-refractivity contribution in [2.24, 2.45) is 7.05 Å². The molecule has 6 heteroatoms. The fourth-order valence-electron chi connectivity index (χ4n) is 3.77. The Morgan fingerprint density at radius 3 is 2.54 bits per heavy atom. The summed E-state index contributed by atoms with van der Waals surface area (Å²) in [6.07, 6.45) is 0.505. The molecule has 130 valence electrons. The van der Waals surface area contributed by atoms with Gasteiger partial charge in [-0.2, -0.15) is 5.10 Å². The van der Waals surface area contributed by atoms with E-state index < -0.39 is 0 Å². The second-order valence-electron chi connectivity index (χ2n) is 6.79. The zero-order chi connectivity index (χ0) is 17.6. The lowest BCUT2D eigenvalue weighted by Crippen LogP contribution is -2.35. The first kappa shape index (κ1) is 16.8. The molecule has 0 spiro atoms. The lowest BCUT2D eigenvalue weighted by molar-refractivity contribution is -0.127. The third-order valence-electron chi connectivity index (χ3n) is 5.15. The van der Waals surface area contributed by atoms with E-state index in [1.807, 2.05) is 44.4 Å². The maximum absolute atomic E-state index is 12.3. The van der Waals surface area contributed by atoms with Gasteiger partial charge in [-0.3, -0.25) is 9.48 Å². The van der Waals surface area contributed by atoms with E-state index in [9.17, 15) is 4.79 Å². The topological polar surface area (TPSA) is 63.3 Å². The molecule has 1 aliphatic rings. The van der Waals surface area contributed by atoms with Crippen molar-refractivity contribution in [3.8, 4) is 0 Å². The fourth-order valence-corrected chi connectivity index (χ4v) is 3.77. The van der Waals surface area contributed by atoms with Crippen molar-refractivity contribution in [3.63, 3.8) is 0 Å². The highest BCUT2D eigenvalue weighted by Crippen LogP contribution is 2.35. The van der Waals surface area contributed by atoms with Crippen LogP contribution in [0, 0.1) is 27.7 Å². The molecule has 2 aromatic rings. The predicted octanol–water partition coefficient (Wildman–Crippen LogP) is 2.31. The van der Waals surface area contributed by atoms with Crippen molar-refractivity contribution >= 4 is 5.91 Å². The number of amides is 1. The number of aryl methyl sites for hydroxylation is 4. The van der Waals surface area contributed by atoms with Gasteiger partial charge in [0.2, 0.25) is 5.91 Å². The molecule has 3 rings (SSSR count). The Morgan fingerprint density at radius 1 is 1.29 bits per heavy atom. The molecule has 1 saturated heterocycles. The number of aromatic nitrogens is 2. The molecule has 0 radical (unpaired) electrons. The first-order chi connectivity index (χ1) is 11.3. The molecule has 0 aliphatic carbocycles. The molecule has 2 aromatic heterocycles. The molecule has 1 N–H and O–H groups in total. The number of hydrogen-bond acceptors (Lipinski definition) is 4. The molecule has 2 atom stereocenters. The van der Waals surface area contributed by atoms with Crippen LogP contribution in [0.1, 0.15) is 46.5 Å². The average molecular weight is 330 g/mol. The van der Waals surface area contributed by atoms with Crippen LogP contribution in [0.15, 0.2) is 10.5 Å². The number of nitrogens with one attached hydrogen (secondary N) is 1. The minimum atomic E-state index is 0.0134. The van der Waals surface area contributed by atoms with Crippen molar-refractivity contribution in [3.05, 3.63) is 40.1 Å². The normalized spacial score (nSPS) is 21.1. The van der Waals surface area contributed by atoms with Gasteiger partial charge < -0.3 is 14.6 Å². The Hall–Kier alpha value is -2.08. The van der Waals surface area contributed by atoms with Crippen molar-refractivity contribution in [1.29, 1.82) is 0 Å². The summed E-state index contributed by atoms with van der Waals surface area (Å²) < 4.78 is 7.49. The van der Waals surface area contributed by atoms with Gasteiger partial charge in [-0.1, -0.05) is 0 Å². The maximum Gasteiger partial charge on any atom is 0.224 e. The molecule has 0 aromatic carbocycles. The van der Waals surface area contributed by atoms with Crippen LogP contribution < -0.4 is 5.32 Å². The highest BCUT2D eigenvalue weighted by atomic mass is 16.3. The number of furan rings is 1. The summed E-state index contributed by atoms with van der Waals surface area (Å²) in [6, 6.07) is 2.14. The Bertz CT molecular complexity index is 774. The maximum atomic E-state index is 12.3. The number of hydrogen-bond donors (Lipinski definition) is 1. The van der Waals surface area contributed by atoms with Crippen LogP contribution in [0.2, 0.25) is 0 Å². The van der Waals surface area contributed by atoms with E-state index in [1.165, 1.54) is 0 Å². The lowest BCUT2D eigenvalue weighted by atomic mass is 9.98. The van der Waals surface area contributed by atoms with Crippen molar-refractivity contribution in [2.45, 2.75) is 52.7 Å². The van der Waals surface area contributed by atoms with Gasteiger partial charge in [-0.25, -0.2) is 0 Å².